The minimum Gasteiger partial charge on any atom is -0.501 e. The normalized spacial score (nSPS) is 27.1. The Morgan fingerprint density at radius 1 is 1.35 bits per heavy atom. The Balaban J connectivity index is 1.76. The van der Waals surface area contributed by atoms with Crippen molar-refractivity contribution >= 4 is 0 Å². The molecule has 0 amide bonds. The lowest BCUT2D eigenvalue weighted by atomic mass is 9.95. The van der Waals surface area contributed by atoms with Gasteiger partial charge in [0.25, 0.3) is 0 Å². The van der Waals surface area contributed by atoms with Gasteiger partial charge in [-0.05, 0) is 57.6 Å². The molecular weight excluding hydrogens is 214 g/mol. The molecule has 0 aromatic carbocycles. The zero-order chi connectivity index (χ0) is 11.9. The average Bonchev–Trinajstić information content (AvgIpc) is 2.42. The van der Waals surface area contributed by atoms with E-state index in [0.29, 0.717) is 12.1 Å². The van der Waals surface area contributed by atoms with Gasteiger partial charge in [0.2, 0.25) is 0 Å². The van der Waals surface area contributed by atoms with Crippen molar-refractivity contribution < 1.29 is 9.47 Å². The van der Waals surface area contributed by atoms with Crippen molar-refractivity contribution in [1.82, 2.24) is 5.32 Å². The van der Waals surface area contributed by atoms with Crippen LogP contribution in [0.15, 0.2) is 11.8 Å². The lowest BCUT2D eigenvalue weighted by Crippen LogP contribution is -2.31. The predicted molar refractivity (Wildman–Crippen MR) is 68.9 cm³/mol. The Kier molecular flexibility index (Phi) is 5.33. The molecule has 0 aromatic rings. The standard InChI is InChI=1S/C14H25NO2/c1-15-14(12-5-4-9-16-11-12)8-7-13-6-2-3-10-17-13/h11,13-15H,2-10H2,1H3. The number of hydrogen-bond acceptors (Lipinski definition) is 3. The van der Waals surface area contributed by atoms with Gasteiger partial charge in [0.05, 0.1) is 19.0 Å². The van der Waals surface area contributed by atoms with Crippen LogP contribution >= 0.6 is 0 Å². The molecule has 3 nitrogen and oxygen atoms in total. The second-order valence-electron chi connectivity index (χ2n) is 5.07. The quantitative estimate of drug-likeness (QED) is 0.800. The summed E-state index contributed by atoms with van der Waals surface area (Å²) in [5.74, 6) is 0. The van der Waals surface area contributed by atoms with Gasteiger partial charge in [-0.1, -0.05) is 0 Å². The summed E-state index contributed by atoms with van der Waals surface area (Å²) in [6, 6.07) is 0.473. The van der Waals surface area contributed by atoms with E-state index in [9.17, 15) is 0 Å². The van der Waals surface area contributed by atoms with Crippen LogP contribution in [0.2, 0.25) is 0 Å². The summed E-state index contributed by atoms with van der Waals surface area (Å²) in [6.07, 6.45) is 10.9. The van der Waals surface area contributed by atoms with Crippen molar-refractivity contribution in [3.63, 3.8) is 0 Å². The minimum atomic E-state index is 0.473. The second-order valence-corrected chi connectivity index (χ2v) is 5.07. The van der Waals surface area contributed by atoms with Gasteiger partial charge in [-0.3, -0.25) is 0 Å². The molecule has 0 spiro atoms. The van der Waals surface area contributed by atoms with Crippen LogP contribution in [0.25, 0.3) is 0 Å². The van der Waals surface area contributed by atoms with E-state index in [-0.39, 0.29) is 0 Å². The first-order valence-electron chi connectivity index (χ1n) is 6.99. The third-order valence-electron chi connectivity index (χ3n) is 3.81. The number of likely N-dealkylation sites (N-methyl/N-ethyl adjacent to an activating group) is 1. The van der Waals surface area contributed by atoms with E-state index in [1.54, 1.807) is 0 Å². The van der Waals surface area contributed by atoms with Crippen molar-refractivity contribution in [2.24, 2.45) is 0 Å². The lowest BCUT2D eigenvalue weighted by molar-refractivity contribution is 0.00906. The first-order chi connectivity index (χ1) is 8.40. The molecule has 2 aliphatic heterocycles. The summed E-state index contributed by atoms with van der Waals surface area (Å²) in [6.45, 7) is 1.84. The van der Waals surface area contributed by atoms with Crippen molar-refractivity contribution in [3.8, 4) is 0 Å². The molecular formula is C14H25NO2. The van der Waals surface area contributed by atoms with Crippen LogP contribution in [0.4, 0.5) is 0 Å². The first kappa shape index (κ1) is 12.9. The van der Waals surface area contributed by atoms with Gasteiger partial charge >= 0.3 is 0 Å². The predicted octanol–water partition coefficient (Wildman–Crippen LogP) is 2.62. The van der Waals surface area contributed by atoms with E-state index >= 15 is 0 Å². The molecule has 17 heavy (non-hydrogen) atoms. The molecule has 2 atom stereocenters. The van der Waals surface area contributed by atoms with Crippen LogP contribution in [0.1, 0.15) is 44.9 Å². The number of hydrogen-bond donors (Lipinski definition) is 1. The van der Waals surface area contributed by atoms with E-state index in [2.05, 4.69) is 5.32 Å². The fourth-order valence-electron chi connectivity index (χ4n) is 2.74. The summed E-state index contributed by atoms with van der Waals surface area (Å²) in [5, 5.41) is 3.41. The fraction of sp³-hybridized carbons (Fsp3) is 0.857. The molecule has 2 aliphatic rings. The van der Waals surface area contributed by atoms with Gasteiger partial charge in [0.1, 0.15) is 0 Å². The Labute approximate surface area is 105 Å². The second kappa shape index (κ2) is 7.02. The topological polar surface area (TPSA) is 30.5 Å². The molecule has 0 radical (unpaired) electrons. The van der Waals surface area contributed by atoms with Crippen LogP contribution in [0, 0.1) is 0 Å². The van der Waals surface area contributed by atoms with Crippen molar-refractivity contribution in [3.05, 3.63) is 11.8 Å². The summed E-state index contributed by atoms with van der Waals surface area (Å²) >= 11 is 0. The maximum atomic E-state index is 5.78. The summed E-state index contributed by atoms with van der Waals surface area (Å²) < 4.78 is 11.2. The highest BCUT2D eigenvalue weighted by Crippen LogP contribution is 2.22. The maximum absolute atomic E-state index is 5.78. The SMILES string of the molecule is CNC(CCC1CCCCO1)C1=COCCC1. The Morgan fingerprint density at radius 2 is 2.29 bits per heavy atom. The number of rotatable bonds is 5. The summed E-state index contributed by atoms with van der Waals surface area (Å²) in [5.41, 5.74) is 1.43. The monoisotopic (exact) mass is 239 g/mol. The Bertz CT molecular complexity index is 247. The summed E-state index contributed by atoms with van der Waals surface area (Å²) in [4.78, 5) is 0. The third kappa shape index (κ3) is 4.00. The van der Waals surface area contributed by atoms with Crippen molar-refractivity contribution in [1.29, 1.82) is 0 Å². The fourth-order valence-corrected chi connectivity index (χ4v) is 2.74. The van der Waals surface area contributed by atoms with Gasteiger partial charge in [0, 0.05) is 12.6 Å². The highest BCUT2D eigenvalue weighted by molar-refractivity contribution is 5.09. The lowest BCUT2D eigenvalue weighted by Gasteiger charge is -2.27. The van der Waals surface area contributed by atoms with Gasteiger partial charge in [-0.15, -0.1) is 0 Å². The first-order valence-corrected chi connectivity index (χ1v) is 6.99. The molecule has 1 saturated heterocycles. The average molecular weight is 239 g/mol. The van der Waals surface area contributed by atoms with Crippen LogP contribution in [-0.2, 0) is 9.47 Å². The van der Waals surface area contributed by atoms with Crippen LogP contribution in [-0.4, -0.2) is 32.4 Å². The van der Waals surface area contributed by atoms with Crippen LogP contribution in [0.3, 0.4) is 0 Å². The van der Waals surface area contributed by atoms with E-state index < -0.39 is 0 Å². The highest BCUT2D eigenvalue weighted by Gasteiger charge is 2.19. The van der Waals surface area contributed by atoms with E-state index in [1.165, 1.54) is 37.7 Å². The Morgan fingerprint density at radius 3 is 2.94 bits per heavy atom. The zero-order valence-electron chi connectivity index (χ0n) is 10.9. The molecule has 1 fully saturated rings. The summed E-state index contributed by atoms with van der Waals surface area (Å²) in [7, 11) is 2.04. The van der Waals surface area contributed by atoms with Crippen molar-refractivity contribution in [2.45, 2.75) is 57.1 Å². The number of nitrogens with one attached hydrogen (secondary N) is 1. The van der Waals surface area contributed by atoms with Gasteiger partial charge in [-0.2, -0.15) is 0 Å². The van der Waals surface area contributed by atoms with E-state index in [0.717, 1.165) is 26.1 Å². The van der Waals surface area contributed by atoms with Gasteiger partial charge < -0.3 is 14.8 Å². The maximum Gasteiger partial charge on any atom is 0.0876 e. The largest absolute Gasteiger partial charge is 0.501 e. The van der Waals surface area contributed by atoms with E-state index in [1.807, 2.05) is 13.3 Å². The zero-order valence-corrected chi connectivity index (χ0v) is 10.9. The molecule has 2 rings (SSSR count). The van der Waals surface area contributed by atoms with Gasteiger partial charge in [0.15, 0.2) is 0 Å². The van der Waals surface area contributed by atoms with Crippen LogP contribution in [0.5, 0.6) is 0 Å². The van der Waals surface area contributed by atoms with Crippen LogP contribution < -0.4 is 5.32 Å². The third-order valence-corrected chi connectivity index (χ3v) is 3.81. The molecule has 98 valence electrons. The number of ether oxygens (including phenoxy) is 2. The Hall–Kier alpha value is -0.540. The molecule has 0 bridgehead atoms. The van der Waals surface area contributed by atoms with Crippen molar-refractivity contribution in [2.75, 3.05) is 20.3 Å². The molecule has 2 heterocycles. The molecule has 2 unspecified atom stereocenters. The molecule has 0 aromatic heterocycles. The van der Waals surface area contributed by atoms with Gasteiger partial charge in [-0.25, -0.2) is 0 Å². The van der Waals surface area contributed by atoms with E-state index in [4.69, 9.17) is 9.47 Å². The highest BCUT2D eigenvalue weighted by atomic mass is 16.5. The smallest absolute Gasteiger partial charge is 0.0876 e. The molecule has 0 saturated carbocycles. The molecule has 0 aliphatic carbocycles. The molecule has 3 heteroatoms. The minimum absolute atomic E-state index is 0.473. The molecule has 1 N–H and O–H groups in total.